The van der Waals surface area contributed by atoms with Gasteiger partial charge < -0.3 is 20.1 Å². The van der Waals surface area contributed by atoms with E-state index in [0.29, 0.717) is 28.8 Å². The van der Waals surface area contributed by atoms with Gasteiger partial charge in [0.05, 0.1) is 21.9 Å². The Kier molecular flexibility index (Phi) is 6.92. The number of nitrogens with zero attached hydrogens (tertiary/aromatic N) is 3. The van der Waals surface area contributed by atoms with E-state index in [2.05, 4.69) is 15.8 Å². The van der Waals surface area contributed by atoms with Gasteiger partial charge in [-0.3, -0.25) is 9.59 Å². The Labute approximate surface area is 231 Å². The molecule has 6 rings (SSSR count). The Morgan fingerprint density at radius 1 is 1.05 bits per heavy atom. The topological polar surface area (TPSA) is 125 Å². The number of carbonyl (C=O) groups excluding carboxylic acids is 2. The van der Waals surface area contributed by atoms with Crippen LogP contribution in [-0.4, -0.2) is 79.4 Å². The average molecular weight is 570 g/mol. The van der Waals surface area contributed by atoms with Crippen LogP contribution in [0, 0.1) is 11.8 Å². The zero-order valence-electron chi connectivity index (χ0n) is 21.0. The Bertz CT molecular complexity index is 1500. The van der Waals surface area contributed by atoms with E-state index in [1.807, 2.05) is 4.90 Å². The number of carbonyl (C=O) groups is 2. The maximum atomic E-state index is 13.7. The normalized spacial score (nSPS) is 25.1. The van der Waals surface area contributed by atoms with Gasteiger partial charge in [0.1, 0.15) is 0 Å². The predicted molar refractivity (Wildman–Crippen MR) is 143 cm³/mol. The maximum Gasteiger partial charge on any atom is 0.273 e. The zero-order chi connectivity index (χ0) is 27.1. The van der Waals surface area contributed by atoms with Crippen LogP contribution in [-0.2, 0) is 14.8 Å². The summed E-state index contributed by atoms with van der Waals surface area (Å²) in [6.45, 7) is 2.25. The lowest BCUT2D eigenvalue weighted by atomic mass is 9.81. The van der Waals surface area contributed by atoms with Gasteiger partial charge in [-0.2, -0.15) is 4.31 Å². The molecule has 3 aliphatic heterocycles. The van der Waals surface area contributed by atoms with Gasteiger partial charge in [0.15, 0.2) is 11.5 Å². The molecule has 2 aromatic carbocycles. The summed E-state index contributed by atoms with van der Waals surface area (Å²) in [5.41, 5.74) is 0.606. The van der Waals surface area contributed by atoms with Crippen LogP contribution in [0.1, 0.15) is 16.9 Å². The Morgan fingerprint density at radius 2 is 1.82 bits per heavy atom. The van der Waals surface area contributed by atoms with Crippen LogP contribution in [0.3, 0.4) is 0 Å². The molecule has 0 unspecified atom stereocenters. The minimum atomic E-state index is -3.86. The summed E-state index contributed by atoms with van der Waals surface area (Å²) in [7, 11) is -3.86. The van der Waals surface area contributed by atoms with Crippen molar-refractivity contribution < 1.29 is 22.5 Å². The number of halogens is 1. The standard InChI is InChI=1S/C27H28ClN5O5S/c28-21-9-5-4-8-19(21)25-12-22(31-38-25)26(34)30-23-16-32(39(36,37)18-6-2-1-3-7-18)15-20(23)27(35)33-14-17-10-11-29-13-24(17)33/h1-9,12,17,20,23-24,29H,10-11,13-16H2,(H,30,34)/t17-,20+,23+,24-/m1/s1. The van der Waals surface area contributed by atoms with E-state index in [1.165, 1.54) is 22.5 Å². The first kappa shape index (κ1) is 26.0. The van der Waals surface area contributed by atoms with Crippen LogP contribution < -0.4 is 10.6 Å². The number of amides is 2. The highest BCUT2D eigenvalue weighted by Crippen LogP contribution is 2.34. The third kappa shape index (κ3) is 4.84. The molecule has 0 aliphatic carbocycles. The molecule has 2 N–H and O–H groups in total. The lowest BCUT2D eigenvalue weighted by molar-refractivity contribution is -0.149. The van der Waals surface area contributed by atoms with Crippen LogP contribution in [0.25, 0.3) is 11.3 Å². The second-order valence-electron chi connectivity index (χ2n) is 10.2. The van der Waals surface area contributed by atoms with Gasteiger partial charge in [0, 0.05) is 43.9 Å². The van der Waals surface area contributed by atoms with E-state index in [0.717, 1.165) is 19.5 Å². The molecule has 3 saturated heterocycles. The number of piperidine rings is 1. The third-order valence-electron chi connectivity index (χ3n) is 7.89. The van der Waals surface area contributed by atoms with Crippen molar-refractivity contribution >= 4 is 33.4 Å². The summed E-state index contributed by atoms with van der Waals surface area (Å²) < 4.78 is 33.5. The molecule has 10 nitrogen and oxygen atoms in total. The molecular weight excluding hydrogens is 542 g/mol. The second-order valence-corrected chi connectivity index (χ2v) is 12.5. The number of hydrogen-bond donors (Lipinski definition) is 2. The van der Waals surface area contributed by atoms with Crippen LogP contribution in [0.2, 0.25) is 5.02 Å². The van der Waals surface area contributed by atoms with Gasteiger partial charge >= 0.3 is 0 Å². The van der Waals surface area contributed by atoms with Crippen LogP contribution in [0.5, 0.6) is 0 Å². The zero-order valence-corrected chi connectivity index (χ0v) is 22.6. The van der Waals surface area contributed by atoms with Crippen molar-refractivity contribution in [2.75, 3.05) is 32.7 Å². The number of aromatic nitrogens is 1. The van der Waals surface area contributed by atoms with Crippen LogP contribution in [0.15, 0.2) is 70.1 Å². The number of benzene rings is 2. The summed E-state index contributed by atoms with van der Waals surface area (Å²) in [5, 5.41) is 10.6. The smallest absolute Gasteiger partial charge is 0.273 e. The highest BCUT2D eigenvalue weighted by atomic mass is 35.5. The van der Waals surface area contributed by atoms with Crippen molar-refractivity contribution in [2.45, 2.75) is 23.4 Å². The molecule has 3 fully saturated rings. The predicted octanol–water partition coefficient (Wildman–Crippen LogP) is 2.23. The Balaban J connectivity index is 1.24. The van der Waals surface area contributed by atoms with E-state index in [4.69, 9.17) is 16.1 Å². The quantitative estimate of drug-likeness (QED) is 0.466. The van der Waals surface area contributed by atoms with E-state index < -0.39 is 27.9 Å². The summed E-state index contributed by atoms with van der Waals surface area (Å²) in [6, 6.07) is 16.0. The molecule has 1 aromatic heterocycles. The molecule has 204 valence electrons. The van der Waals surface area contributed by atoms with Gasteiger partial charge in [-0.25, -0.2) is 8.42 Å². The monoisotopic (exact) mass is 569 g/mol. The number of nitrogens with one attached hydrogen (secondary N) is 2. The second kappa shape index (κ2) is 10.4. The number of hydrogen-bond acceptors (Lipinski definition) is 7. The highest BCUT2D eigenvalue weighted by molar-refractivity contribution is 7.89. The van der Waals surface area contributed by atoms with Gasteiger partial charge in [-0.1, -0.05) is 47.1 Å². The first-order valence-electron chi connectivity index (χ1n) is 12.9. The van der Waals surface area contributed by atoms with Crippen LogP contribution in [0.4, 0.5) is 0 Å². The number of rotatable bonds is 6. The molecule has 4 atom stereocenters. The molecule has 0 radical (unpaired) electrons. The van der Waals surface area contributed by atoms with E-state index in [-0.39, 0.29) is 35.6 Å². The fourth-order valence-electron chi connectivity index (χ4n) is 5.71. The van der Waals surface area contributed by atoms with Crippen molar-refractivity contribution in [3.63, 3.8) is 0 Å². The summed E-state index contributed by atoms with van der Waals surface area (Å²) in [6.07, 6.45) is 1.01. The summed E-state index contributed by atoms with van der Waals surface area (Å²) in [5.74, 6) is -0.653. The first-order chi connectivity index (χ1) is 18.8. The average Bonchev–Trinajstić information content (AvgIpc) is 3.58. The fourth-order valence-corrected chi connectivity index (χ4v) is 7.45. The molecule has 4 heterocycles. The first-order valence-corrected chi connectivity index (χ1v) is 14.7. The Hall–Kier alpha value is -3.25. The van der Waals surface area contributed by atoms with Crippen molar-refractivity contribution in [1.82, 2.24) is 25.0 Å². The van der Waals surface area contributed by atoms with E-state index in [9.17, 15) is 18.0 Å². The van der Waals surface area contributed by atoms with Crippen LogP contribution >= 0.6 is 11.6 Å². The van der Waals surface area contributed by atoms with E-state index in [1.54, 1.807) is 42.5 Å². The van der Waals surface area contributed by atoms with Gasteiger partial charge in [-0.05, 0) is 43.1 Å². The molecule has 0 saturated carbocycles. The molecule has 3 aliphatic rings. The van der Waals surface area contributed by atoms with Crippen molar-refractivity contribution in [3.05, 3.63) is 71.4 Å². The van der Waals surface area contributed by atoms with Gasteiger partial charge in [0.25, 0.3) is 5.91 Å². The molecule has 39 heavy (non-hydrogen) atoms. The summed E-state index contributed by atoms with van der Waals surface area (Å²) >= 11 is 6.25. The Morgan fingerprint density at radius 3 is 2.59 bits per heavy atom. The number of fused-ring (bicyclic) bond motifs is 1. The molecule has 3 aromatic rings. The molecule has 0 spiro atoms. The molecule has 12 heteroatoms. The minimum absolute atomic E-state index is 0.0148. The highest BCUT2D eigenvalue weighted by Gasteiger charge is 2.50. The molecule has 0 bridgehead atoms. The van der Waals surface area contributed by atoms with Gasteiger partial charge in [0.2, 0.25) is 15.9 Å². The van der Waals surface area contributed by atoms with Crippen molar-refractivity contribution in [2.24, 2.45) is 11.8 Å². The largest absolute Gasteiger partial charge is 0.355 e. The molecular formula is C27H28ClN5O5S. The fraction of sp³-hybridized carbons (Fsp3) is 0.370. The lowest BCUT2D eigenvalue weighted by Crippen LogP contribution is -2.67. The third-order valence-corrected chi connectivity index (χ3v) is 10.1. The SMILES string of the molecule is O=C(N[C@H]1CN(S(=O)(=O)c2ccccc2)C[C@@H]1C(=O)N1C[C@H]2CCNC[C@H]21)c1cc(-c2ccccc2Cl)on1. The molecule has 2 amide bonds. The van der Waals surface area contributed by atoms with Crippen molar-refractivity contribution in [1.29, 1.82) is 0 Å². The minimum Gasteiger partial charge on any atom is -0.355 e. The van der Waals surface area contributed by atoms with Gasteiger partial charge in [-0.15, -0.1) is 0 Å². The number of sulfonamides is 1. The maximum absolute atomic E-state index is 13.7. The number of likely N-dealkylation sites (tertiary alicyclic amines) is 1. The van der Waals surface area contributed by atoms with Crippen molar-refractivity contribution in [3.8, 4) is 11.3 Å². The lowest BCUT2D eigenvalue weighted by Gasteiger charge is -2.52. The summed E-state index contributed by atoms with van der Waals surface area (Å²) in [4.78, 5) is 28.9. The van der Waals surface area contributed by atoms with E-state index >= 15 is 0 Å².